The minimum Gasteiger partial charge on any atom is -0.378 e. The van der Waals surface area contributed by atoms with Crippen LogP contribution in [0, 0.1) is 0 Å². The van der Waals surface area contributed by atoms with Gasteiger partial charge in [0, 0.05) is 0 Å². The van der Waals surface area contributed by atoms with Crippen molar-refractivity contribution in [1.29, 1.82) is 0 Å². The van der Waals surface area contributed by atoms with Crippen molar-refractivity contribution in [3.8, 4) is 0 Å². The summed E-state index contributed by atoms with van der Waals surface area (Å²) >= 11 is 0. The van der Waals surface area contributed by atoms with Crippen LogP contribution in [0.3, 0.4) is 0 Å². The number of hydrogen-bond donors (Lipinski definition) is 4. The van der Waals surface area contributed by atoms with Gasteiger partial charge in [0.1, 0.15) is 0 Å². The lowest BCUT2D eigenvalue weighted by Crippen LogP contribution is -2.54. The molecule has 8 nitrogen and oxygen atoms in total. The Bertz CT molecular complexity index is 255. The maximum Gasteiger partial charge on any atom is 0.364 e. The van der Waals surface area contributed by atoms with E-state index in [1.165, 1.54) is 0 Å². The first-order valence-electron chi connectivity index (χ1n) is 3.29. The highest BCUT2D eigenvalue weighted by atomic mass is 16.7. The molecule has 6 N–H and O–H groups in total. The molecule has 0 aromatic carbocycles. The molecule has 0 aromatic rings. The van der Waals surface area contributed by atoms with Gasteiger partial charge in [0.2, 0.25) is 5.60 Å². The summed E-state index contributed by atoms with van der Waals surface area (Å²) < 4.78 is 0. The predicted molar refractivity (Wildman–Crippen MR) is 41.7 cm³/mol. The topological polar surface area (TPSA) is 145 Å². The van der Waals surface area contributed by atoms with E-state index in [0.29, 0.717) is 6.08 Å². The monoisotopic (exact) mass is 206 g/mol. The van der Waals surface area contributed by atoms with Crippen LogP contribution in [0.4, 0.5) is 0 Å². The molecule has 2 atom stereocenters. The SMILES string of the molecule is C=CC(O)(C(=O)ON)C(O)C(=O)ON. The Balaban J connectivity index is 4.94. The fraction of sp³-hybridized carbons (Fsp3) is 0.333. The molecule has 2 unspecified atom stereocenters. The van der Waals surface area contributed by atoms with Gasteiger partial charge in [-0.25, -0.2) is 9.59 Å². The summed E-state index contributed by atoms with van der Waals surface area (Å²) in [7, 11) is 0. The molecule has 0 amide bonds. The average molecular weight is 206 g/mol. The predicted octanol–water partition coefficient (Wildman–Crippen LogP) is -2.90. The third-order valence-corrected chi connectivity index (χ3v) is 1.50. The van der Waals surface area contributed by atoms with Gasteiger partial charge >= 0.3 is 11.9 Å². The Labute approximate surface area is 78.6 Å². The third kappa shape index (κ3) is 2.06. The second kappa shape index (κ2) is 4.67. The molecule has 0 aliphatic heterocycles. The number of nitrogens with two attached hydrogens (primary N) is 2. The molecule has 80 valence electrons. The molecule has 0 heterocycles. The zero-order valence-corrected chi connectivity index (χ0v) is 7.04. The van der Waals surface area contributed by atoms with Crippen molar-refractivity contribution >= 4 is 11.9 Å². The van der Waals surface area contributed by atoms with E-state index >= 15 is 0 Å². The van der Waals surface area contributed by atoms with Gasteiger partial charge in [-0.05, 0) is 6.08 Å². The molecular formula is C6H10N2O6. The Hall–Kier alpha value is -1.48. The van der Waals surface area contributed by atoms with E-state index in [1.807, 2.05) is 0 Å². The highest BCUT2D eigenvalue weighted by Crippen LogP contribution is 2.14. The molecule has 0 rings (SSSR count). The first-order chi connectivity index (χ1) is 6.43. The molecule has 0 fully saturated rings. The molecule has 0 saturated carbocycles. The number of carbonyl (C=O) groups excluding carboxylic acids is 2. The maximum atomic E-state index is 10.8. The van der Waals surface area contributed by atoms with Gasteiger partial charge < -0.3 is 19.9 Å². The fourth-order valence-electron chi connectivity index (χ4n) is 0.645. The van der Waals surface area contributed by atoms with Crippen molar-refractivity contribution in [3.63, 3.8) is 0 Å². The van der Waals surface area contributed by atoms with Crippen molar-refractivity contribution in [2.24, 2.45) is 11.8 Å². The number of carbonyl (C=O) groups is 2. The van der Waals surface area contributed by atoms with Gasteiger partial charge in [-0.3, -0.25) is 0 Å². The molecule has 0 aromatic heterocycles. The van der Waals surface area contributed by atoms with E-state index in [9.17, 15) is 14.7 Å². The van der Waals surface area contributed by atoms with Gasteiger partial charge in [-0.15, -0.1) is 0 Å². The summed E-state index contributed by atoms with van der Waals surface area (Å²) in [5.74, 6) is 5.99. The summed E-state index contributed by atoms with van der Waals surface area (Å²) in [4.78, 5) is 28.8. The van der Waals surface area contributed by atoms with Crippen molar-refractivity contribution in [1.82, 2.24) is 0 Å². The molecule has 0 bridgehead atoms. The fourth-order valence-corrected chi connectivity index (χ4v) is 0.645. The summed E-state index contributed by atoms with van der Waals surface area (Å²) in [6, 6.07) is 0. The normalized spacial score (nSPS) is 16.3. The summed E-state index contributed by atoms with van der Waals surface area (Å²) in [6.07, 6.45) is -1.69. The van der Waals surface area contributed by atoms with Crippen molar-refractivity contribution in [2.75, 3.05) is 0 Å². The number of aliphatic hydroxyl groups excluding tert-OH is 1. The molecule has 0 spiro atoms. The Morgan fingerprint density at radius 1 is 1.43 bits per heavy atom. The van der Waals surface area contributed by atoms with E-state index < -0.39 is 23.6 Å². The van der Waals surface area contributed by atoms with Crippen molar-refractivity contribution in [2.45, 2.75) is 11.7 Å². The first kappa shape index (κ1) is 12.5. The van der Waals surface area contributed by atoms with E-state index in [0.717, 1.165) is 0 Å². The molecule has 0 saturated heterocycles. The number of rotatable bonds is 4. The molecule has 8 heteroatoms. The number of hydrogen-bond acceptors (Lipinski definition) is 8. The Morgan fingerprint density at radius 3 is 2.21 bits per heavy atom. The van der Waals surface area contributed by atoms with Gasteiger partial charge in [-0.2, -0.15) is 11.8 Å². The van der Waals surface area contributed by atoms with E-state index in [-0.39, 0.29) is 0 Å². The maximum absolute atomic E-state index is 10.8. The van der Waals surface area contributed by atoms with Gasteiger partial charge in [0.05, 0.1) is 0 Å². The van der Waals surface area contributed by atoms with E-state index in [2.05, 4.69) is 28.0 Å². The van der Waals surface area contributed by atoms with Crippen LogP contribution in [-0.4, -0.2) is 33.9 Å². The average Bonchev–Trinajstić information content (AvgIpc) is 2.24. The van der Waals surface area contributed by atoms with Crippen LogP contribution in [0.2, 0.25) is 0 Å². The lowest BCUT2D eigenvalue weighted by atomic mass is 9.97. The minimum absolute atomic E-state index is 0.573. The molecule has 0 radical (unpaired) electrons. The summed E-state index contributed by atoms with van der Waals surface area (Å²) in [5.41, 5.74) is -2.69. The van der Waals surface area contributed by atoms with Crippen LogP contribution < -0.4 is 11.8 Å². The van der Waals surface area contributed by atoms with Crippen molar-refractivity contribution < 1.29 is 29.5 Å². The van der Waals surface area contributed by atoms with Crippen LogP contribution in [0.25, 0.3) is 0 Å². The van der Waals surface area contributed by atoms with Gasteiger partial charge in [0.25, 0.3) is 0 Å². The molecule has 0 aliphatic rings. The standard InChI is InChI=1S/C6H10N2O6/c1-2-6(12,5(11)14-8)3(9)4(10)13-7/h2-3,9,12H,1,7-8H2. The number of aliphatic hydroxyl groups is 2. The molecular weight excluding hydrogens is 196 g/mol. The lowest BCUT2D eigenvalue weighted by molar-refractivity contribution is -0.183. The van der Waals surface area contributed by atoms with Crippen LogP contribution in [0.1, 0.15) is 0 Å². The summed E-state index contributed by atoms with van der Waals surface area (Å²) in [5, 5.41) is 18.5. The Kier molecular flexibility index (Phi) is 4.18. The zero-order chi connectivity index (χ0) is 11.4. The second-order valence-electron chi connectivity index (χ2n) is 2.27. The molecule has 0 aliphatic carbocycles. The van der Waals surface area contributed by atoms with Gasteiger partial charge in [-0.1, -0.05) is 6.58 Å². The van der Waals surface area contributed by atoms with E-state index in [1.54, 1.807) is 0 Å². The quantitative estimate of drug-likeness (QED) is 0.283. The van der Waals surface area contributed by atoms with E-state index in [4.69, 9.17) is 5.11 Å². The third-order valence-electron chi connectivity index (χ3n) is 1.50. The Morgan fingerprint density at radius 2 is 1.93 bits per heavy atom. The van der Waals surface area contributed by atoms with Crippen LogP contribution in [0.15, 0.2) is 12.7 Å². The zero-order valence-electron chi connectivity index (χ0n) is 7.04. The van der Waals surface area contributed by atoms with Crippen molar-refractivity contribution in [3.05, 3.63) is 12.7 Å². The van der Waals surface area contributed by atoms with Crippen LogP contribution in [-0.2, 0) is 19.3 Å². The molecule has 14 heavy (non-hydrogen) atoms. The second-order valence-corrected chi connectivity index (χ2v) is 2.27. The highest BCUT2D eigenvalue weighted by Gasteiger charge is 2.47. The minimum atomic E-state index is -2.69. The largest absolute Gasteiger partial charge is 0.378 e. The lowest BCUT2D eigenvalue weighted by Gasteiger charge is -2.23. The van der Waals surface area contributed by atoms with Gasteiger partial charge in [0.15, 0.2) is 6.10 Å². The van der Waals surface area contributed by atoms with Crippen LogP contribution in [0.5, 0.6) is 0 Å². The first-order valence-corrected chi connectivity index (χ1v) is 3.29. The smallest absolute Gasteiger partial charge is 0.364 e. The highest BCUT2D eigenvalue weighted by molar-refractivity contribution is 5.90. The van der Waals surface area contributed by atoms with Crippen LogP contribution >= 0.6 is 0 Å². The summed E-state index contributed by atoms with van der Waals surface area (Å²) in [6.45, 7) is 3.02.